The normalized spacial score (nSPS) is 24.9. The summed E-state index contributed by atoms with van der Waals surface area (Å²) in [7, 11) is 0. The van der Waals surface area contributed by atoms with Crippen LogP contribution in [0.3, 0.4) is 0 Å². The van der Waals surface area contributed by atoms with E-state index < -0.39 is 12.1 Å². The van der Waals surface area contributed by atoms with Crippen LogP contribution in [0.4, 0.5) is 5.69 Å². The molecule has 2 atom stereocenters. The van der Waals surface area contributed by atoms with Gasteiger partial charge in [0.2, 0.25) is 11.1 Å². The lowest BCUT2D eigenvalue weighted by Crippen LogP contribution is -2.74. The lowest BCUT2D eigenvalue weighted by atomic mass is 9.70. The Labute approximate surface area is 182 Å². The minimum Gasteiger partial charge on any atom is -0.847 e. The third-order valence-electron chi connectivity index (χ3n) is 6.49. The molecule has 2 N–H and O–H groups in total. The number of benzene rings is 2. The van der Waals surface area contributed by atoms with Gasteiger partial charge >= 0.3 is 0 Å². The van der Waals surface area contributed by atoms with Crippen molar-refractivity contribution in [2.45, 2.75) is 39.3 Å². The Bertz CT molecular complexity index is 1300. The summed E-state index contributed by atoms with van der Waals surface area (Å²) in [5, 5.41) is 18.3. The molecular weight excluding hydrogens is 384 g/mol. The van der Waals surface area contributed by atoms with E-state index in [1.54, 1.807) is 0 Å². The highest BCUT2D eigenvalue weighted by Crippen LogP contribution is 2.43. The molecular formula is C27H26N2O2. The van der Waals surface area contributed by atoms with Crippen LogP contribution in [0.5, 0.6) is 0 Å². The average molecular weight is 411 g/mol. The monoisotopic (exact) mass is 410 g/mol. The molecule has 0 saturated heterocycles. The summed E-state index contributed by atoms with van der Waals surface area (Å²) in [5.74, 6) is -0.104. The van der Waals surface area contributed by atoms with Gasteiger partial charge in [0.05, 0.1) is 16.8 Å². The first-order valence-corrected chi connectivity index (χ1v) is 10.8. The molecule has 2 unspecified atom stereocenters. The van der Waals surface area contributed by atoms with Crippen LogP contribution in [0.25, 0.3) is 5.57 Å². The summed E-state index contributed by atoms with van der Waals surface area (Å²) < 4.78 is 0. The SMILES string of the molecule is CCC1=C(C=C2C(=O)C(Nc3ccccc3)C2[O-])C(C)(C)C=C2[NH+]=c3ccccc3=C21. The molecule has 0 aromatic heterocycles. The molecule has 2 aliphatic carbocycles. The zero-order chi connectivity index (χ0) is 21.8. The number of carbonyl (C=O) groups excluding carboxylic acids is 1. The maximum absolute atomic E-state index is 13.0. The predicted molar refractivity (Wildman–Crippen MR) is 119 cm³/mol. The standard InChI is InChI=1S/C27H25N2O2/c1-4-17-20(14-19-25(30)24(26(19)31)28-16-10-6-5-7-11-16)27(2,3)15-22-23(17)18-12-8-9-13-21(18)29-22/h5-15,24-25,28H,4H2,1-3H3/q-1/p+1. The van der Waals surface area contributed by atoms with Crippen LogP contribution < -0.4 is 26.0 Å². The molecule has 3 aliphatic rings. The molecule has 31 heavy (non-hydrogen) atoms. The second kappa shape index (κ2) is 7.17. The smallest absolute Gasteiger partial charge is 0.212 e. The van der Waals surface area contributed by atoms with Crippen LogP contribution in [-0.2, 0) is 4.79 Å². The summed E-state index contributed by atoms with van der Waals surface area (Å²) in [4.78, 5) is 16.4. The Kier molecular flexibility index (Phi) is 4.56. The van der Waals surface area contributed by atoms with Gasteiger partial charge in [0, 0.05) is 17.2 Å². The Morgan fingerprint density at radius 3 is 2.52 bits per heavy atom. The number of allylic oxidation sites excluding steroid dienone is 4. The summed E-state index contributed by atoms with van der Waals surface area (Å²) in [6.07, 6.45) is 3.85. The summed E-state index contributed by atoms with van der Waals surface area (Å²) in [6.45, 7) is 6.43. The molecule has 2 aromatic carbocycles. The number of para-hydroxylation sites is 2. The van der Waals surface area contributed by atoms with E-state index in [-0.39, 0.29) is 11.2 Å². The maximum Gasteiger partial charge on any atom is 0.212 e. The number of rotatable bonds is 4. The number of hydrogen-bond acceptors (Lipinski definition) is 3. The van der Waals surface area contributed by atoms with E-state index in [4.69, 9.17) is 0 Å². The minimum atomic E-state index is -1.07. The minimum absolute atomic E-state index is 0.104. The van der Waals surface area contributed by atoms with Crippen LogP contribution in [0.2, 0.25) is 0 Å². The summed E-state index contributed by atoms with van der Waals surface area (Å²) in [6, 6.07) is 17.0. The third-order valence-corrected chi connectivity index (χ3v) is 6.49. The number of fused-ring (bicyclic) bond motifs is 2. The topological polar surface area (TPSA) is 66.1 Å². The highest BCUT2D eigenvalue weighted by Gasteiger charge is 2.41. The van der Waals surface area contributed by atoms with E-state index >= 15 is 0 Å². The van der Waals surface area contributed by atoms with Gasteiger partial charge in [-0.3, -0.25) is 4.79 Å². The largest absolute Gasteiger partial charge is 0.847 e. The molecule has 5 rings (SSSR count). The quantitative estimate of drug-likeness (QED) is 0.736. The van der Waals surface area contributed by atoms with Crippen LogP contribution in [0, 0.1) is 5.41 Å². The molecule has 4 heteroatoms. The molecule has 0 amide bonds. The first-order chi connectivity index (χ1) is 14.9. The number of ketones is 1. The zero-order valence-electron chi connectivity index (χ0n) is 18.0. The van der Waals surface area contributed by atoms with Gasteiger partial charge in [-0.15, -0.1) is 0 Å². The number of nitrogens with one attached hydrogen (secondary N) is 2. The van der Waals surface area contributed by atoms with Crippen LogP contribution in [0.15, 0.2) is 89.2 Å². The van der Waals surface area contributed by atoms with Crippen molar-refractivity contribution in [2.75, 3.05) is 5.32 Å². The lowest BCUT2D eigenvalue weighted by Gasteiger charge is -2.44. The highest BCUT2D eigenvalue weighted by molar-refractivity contribution is 6.10. The second-order valence-electron chi connectivity index (χ2n) is 8.94. The third kappa shape index (κ3) is 3.10. The molecule has 2 aromatic rings. The number of Topliss-reactive ketones (excluding diaryl/α,β-unsaturated/α-hetero) is 1. The van der Waals surface area contributed by atoms with E-state index in [0.717, 1.165) is 28.7 Å². The second-order valence-corrected chi connectivity index (χ2v) is 8.94. The summed E-state index contributed by atoms with van der Waals surface area (Å²) >= 11 is 0. The van der Waals surface area contributed by atoms with Gasteiger partial charge in [-0.25, -0.2) is 4.99 Å². The van der Waals surface area contributed by atoms with E-state index in [0.29, 0.717) is 5.57 Å². The molecule has 156 valence electrons. The fourth-order valence-corrected chi connectivity index (χ4v) is 4.90. The van der Waals surface area contributed by atoms with E-state index in [2.05, 4.69) is 49.3 Å². The number of anilines is 1. The first-order valence-electron chi connectivity index (χ1n) is 10.8. The van der Waals surface area contributed by atoms with Gasteiger partial charge in [0.15, 0.2) is 5.78 Å². The number of carbonyl (C=O) groups is 1. The van der Waals surface area contributed by atoms with E-state index in [1.807, 2.05) is 48.5 Å². The van der Waals surface area contributed by atoms with Gasteiger partial charge < -0.3 is 10.4 Å². The average Bonchev–Trinajstić information content (AvgIpc) is 3.12. The maximum atomic E-state index is 13.0. The van der Waals surface area contributed by atoms with Crippen LogP contribution in [-0.4, -0.2) is 17.9 Å². The fourth-order valence-electron chi connectivity index (χ4n) is 4.90. The van der Waals surface area contributed by atoms with Crippen molar-refractivity contribution in [3.63, 3.8) is 0 Å². The highest BCUT2D eigenvalue weighted by atomic mass is 16.3. The van der Waals surface area contributed by atoms with E-state index in [1.165, 1.54) is 16.4 Å². The van der Waals surface area contributed by atoms with Crippen molar-refractivity contribution in [1.82, 2.24) is 0 Å². The molecule has 0 spiro atoms. The molecule has 0 bridgehead atoms. The Balaban J connectivity index is 1.56. The molecule has 1 fully saturated rings. The van der Waals surface area contributed by atoms with Crippen molar-refractivity contribution < 1.29 is 14.9 Å². The Morgan fingerprint density at radius 1 is 1.10 bits per heavy atom. The van der Waals surface area contributed by atoms with Gasteiger partial charge in [0.1, 0.15) is 0 Å². The molecule has 1 saturated carbocycles. The van der Waals surface area contributed by atoms with Gasteiger partial charge in [-0.2, -0.15) is 0 Å². The molecule has 1 heterocycles. The summed E-state index contributed by atoms with van der Waals surface area (Å²) in [5.41, 5.74) is 5.46. The predicted octanol–water partition coefficient (Wildman–Crippen LogP) is 0.900. The zero-order valence-corrected chi connectivity index (χ0v) is 18.0. The van der Waals surface area contributed by atoms with Gasteiger partial charge in [-0.05, 0) is 47.4 Å². The molecule has 4 nitrogen and oxygen atoms in total. The van der Waals surface area contributed by atoms with Gasteiger partial charge in [-0.1, -0.05) is 63.3 Å². The van der Waals surface area contributed by atoms with Crippen molar-refractivity contribution >= 4 is 17.0 Å². The van der Waals surface area contributed by atoms with E-state index in [9.17, 15) is 9.90 Å². The molecule has 1 aliphatic heterocycles. The van der Waals surface area contributed by atoms with Crippen LogP contribution >= 0.6 is 0 Å². The van der Waals surface area contributed by atoms with Crippen LogP contribution in [0.1, 0.15) is 27.2 Å². The fraction of sp³-hybridized carbons (Fsp3) is 0.259. The Hall–Kier alpha value is -3.24. The van der Waals surface area contributed by atoms with Gasteiger partial charge in [0.25, 0.3) is 0 Å². The first kappa shape index (κ1) is 19.7. The van der Waals surface area contributed by atoms with Crippen molar-refractivity contribution in [2.24, 2.45) is 5.41 Å². The Morgan fingerprint density at radius 2 is 1.81 bits per heavy atom. The van der Waals surface area contributed by atoms with Crippen molar-refractivity contribution in [3.8, 4) is 0 Å². The molecule has 0 radical (unpaired) electrons. The lowest BCUT2D eigenvalue weighted by molar-refractivity contribution is -0.433. The van der Waals surface area contributed by atoms with Crippen molar-refractivity contribution in [1.29, 1.82) is 0 Å². The van der Waals surface area contributed by atoms with Crippen molar-refractivity contribution in [3.05, 3.63) is 99.7 Å². The number of hydrogen-bond donors (Lipinski definition) is 2.